The lowest BCUT2D eigenvalue weighted by atomic mass is 10.2. The Hall–Kier alpha value is -3.79. The second-order valence-electron chi connectivity index (χ2n) is 8.18. The summed E-state index contributed by atoms with van der Waals surface area (Å²) in [6, 6.07) is 21.3. The predicted molar refractivity (Wildman–Crippen MR) is 150 cm³/mol. The molecule has 0 radical (unpaired) electrons. The zero-order chi connectivity index (χ0) is 26.1. The van der Waals surface area contributed by atoms with Crippen LogP contribution in [0.15, 0.2) is 93.4 Å². The number of aromatic nitrogens is 1. The molecular formula is C27H18BrClN4O3S. The number of benzene rings is 3. The average Bonchev–Trinajstić information content (AvgIpc) is 3.43. The summed E-state index contributed by atoms with van der Waals surface area (Å²) in [4.78, 5) is 44.2. The third-order valence-electron chi connectivity index (χ3n) is 5.55. The average molecular weight is 594 g/mol. The molecule has 3 aromatic carbocycles. The van der Waals surface area contributed by atoms with Crippen molar-refractivity contribution in [2.75, 3.05) is 15.5 Å². The Morgan fingerprint density at radius 1 is 1.00 bits per heavy atom. The molecule has 10 heteroatoms. The minimum absolute atomic E-state index is 0.0511. The minimum Gasteiger partial charge on any atom is -0.350 e. The number of amides is 3. The Labute approximate surface area is 229 Å². The van der Waals surface area contributed by atoms with Crippen molar-refractivity contribution in [1.82, 2.24) is 4.98 Å². The summed E-state index contributed by atoms with van der Waals surface area (Å²) < 4.78 is 0.970. The number of rotatable bonds is 6. The summed E-state index contributed by atoms with van der Waals surface area (Å²) in [5, 5.41) is 7.82. The molecule has 2 N–H and O–H groups in total. The van der Waals surface area contributed by atoms with Crippen LogP contribution in [0.3, 0.4) is 0 Å². The Morgan fingerprint density at radius 2 is 1.76 bits per heavy atom. The van der Waals surface area contributed by atoms with Gasteiger partial charge in [-0.3, -0.25) is 19.7 Å². The van der Waals surface area contributed by atoms with Gasteiger partial charge in [-0.05, 0) is 55.0 Å². The fraction of sp³-hybridized carbons (Fsp3) is 0.0370. The highest BCUT2D eigenvalue weighted by atomic mass is 79.9. The van der Waals surface area contributed by atoms with E-state index in [4.69, 9.17) is 11.6 Å². The molecule has 0 bridgehead atoms. The van der Waals surface area contributed by atoms with Crippen molar-refractivity contribution in [1.29, 1.82) is 0 Å². The molecule has 0 saturated carbocycles. The number of aryl methyl sites for hydroxylation is 1. The van der Waals surface area contributed by atoms with Gasteiger partial charge in [0.25, 0.3) is 17.7 Å². The highest BCUT2D eigenvalue weighted by molar-refractivity contribution is 9.10. The number of nitrogens with zero attached hydrogens (tertiary/aromatic N) is 2. The Kier molecular flexibility index (Phi) is 6.92. The van der Waals surface area contributed by atoms with Gasteiger partial charge < -0.3 is 5.32 Å². The molecule has 184 valence electrons. The van der Waals surface area contributed by atoms with Gasteiger partial charge in [0.15, 0.2) is 5.13 Å². The fourth-order valence-electron chi connectivity index (χ4n) is 3.75. The quantitative estimate of drug-likeness (QED) is 0.247. The SMILES string of the molecule is Cc1cccc(N2C(=O)C(Cl)=C(Nc3cccc(C(=O)Nc4nc(-c5ccc(Br)cc5)cs4)c3)C2=O)c1. The zero-order valence-electron chi connectivity index (χ0n) is 19.3. The van der Waals surface area contributed by atoms with E-state index in [1.165, 1.54) is 11.3 Å². The topological polar surface area (TPSA) is 91.4 Å². The van der Waals surface area contributed by atoms with Gasteiger partial charge in [0.1, 0.15) is 10.7 Å². The normalized spacial score (nSPS) is 13.3. The largest absolute Gasteiger partial charge is 0.350 e. The Morgan fingerprint density at radius 3 is 2.51 bits per heavy atom. The van der Waals surface area contributed by atoms with Gasteiger partial charge in [-0.1, -0.05) is 57.9 Å². The van der Waals surface area contributed by atoms with Crippen LogP contribution >= 0.6 is 38.9 Å². The first-order valence-electron chi connectivity index (χ1n) is 11.1. The third-order valence-corrected chi connectivity index (χ3v) is 7.18. The molecule has 1 aromatic heterocycles. The van der Waals surface area contributed by atoms with Crippen molar-refractivity contribution in [3.63, 3.8) is 0 Å². The van der Waals surface area contributed by atoms with E-state index < -0.39 is 11.8 Å². The first-order valence-corrected chi connectivity index (χ1v) is 13.1. The predicted octanol–water partition coefficient (Wildman–Crippen LogP) is 6.57. The monoisotopic (exact) mass is 592 g/mol. The molecule has 4 aromatic rings. The van der Waals surface area contributed by atoms with Crippen LogP contribution in [0.25, 0.3) is 11.3 Å². The molecule has 7 nitrogen and oxygen atoms in total. The molecule has 0 spiro atoms. The lowest BCUT2D eigenvalue weighted by Crippen LogP contribution is -2.32. The lowest BCUT2D eigenvalue weighted by molar-refractivity contribution is -0.120. The van der Waals surface area contributed by atoms with Gasteiger partial charge in [-0.2, -0.15) is 0 Å². The number of anilines is 3. The van der Waals surface area contributed by atoms with E-state index in [0.717, 1.165) is 26.2 Å². The number of halogens is 2. The molecule has 0 atom stereocenters. The van der Waals surface area contributed by atoms with Gasteiger partial charge >= 0.3 is 0 Å². The van der Waals surface area contributed by atoms with Gasteiger partial charge in [0.2, 0.25) is 0 Å². The molecule has 2 heterocycles. The van der Waals surface area contributed by atoms with Gasteiger partial charge in [0, 0.05) is 26.7 Å². The number of thiazole rings is 1. The van der Waals surface area contributed by atoms with Crippen LogP contribution in [0, 0.1) is 6.92 Å². The van der Waals surface area contributed by atoms with E-state index in [9.17, 15) is 14.4 Å². The highest BCUT2D eigenvalue weighted by Gasteiger charge is 2.39. The fourth-order valence-corrected chi connectivity index (χ4v) is 4.94. The smallest absolute Gasteiger partial charge is 0.283 e. The molecule has 1 aliphatic rings. The number of carbonyl (C=O) groups is 3. The summed E-state index contributed by atoms with van der Waals surface area (Å²) in [5.74, 6) is -1.55. The van der Waals surface area contributed by atoms with Crippen molar-refractivity contribution in [2.45, 2.75) is 6.92 Å². The van der Waals surface area contributed by atoms with E-state index in [0.29, 0.717) is 22.1 Å². The van der Waals surface area contributed by atoms with Gasteiger partial charge in [0.05, 0.1) is 11.4 Å². The number of imide groups is 1. The van der Waals surface area contributed by atoms with Crippen LogP contribution in [0.1, 0.15) is 15.9 Å². The molecule has 1 aliphatic heterocycles. The van der Waals surface area contributed by atoms with Crippen LogP contribution in [0.2, 0.25) is 0 Å². The second kappa shape index (κ2) is 10.3. The van der Waals surface area contributed by atoms with Crippen LogP contribution in [-0.4, -0.2) is 22.7 Å². The number of carbonyl (C=O) groups excluding carboxylic acids is 3. The summed E-state index contributed by atoms with van der Waals surface area (Å²) in [6.45, 7) is 1.87. The molecule has 0 fully saturated rings. The highest BCUT2D eigenvalue weighted by Crippen LogP contribution is 2.31. The Bertz CT molecular complexity index is 1580. The van der Waals surface area contributed by atoms with Crippen molar-refractivity contribution in [3.05, 3.63) is 105 Å². The van der Waals surface area contributed by atoms with E-state index >= 15 is 0 Å². The zero-order valence-corrected chi connectivity index (χ0v) is 22.4. The summed E-state index contributed by atoms with van der Waals surface area (Å²) in [5.41, 5.74) is 3.75. The molecule has 37 heavy (non-hydrogen) atoms. The van der Waals surface area contributed by atoms with E-state index in [-0.39, 0.29) is 16.6 Å². The summed E-state index contributed by atoms with van der Waals surface area (Å²) >= 11 is 11.0. The maximum Gasteiger partial charge on any atom is 0.283 e. The van der Waals surface area contributed by atoms with Crippen molar-refractivity contribution < 1.29 is 14.4 Å². The van der Waals surface area contributed by atoms with Crippen molar-refractivity contribution in [3.8, 4) is 11.3 Å². The van der Waals surface area contributed by atoms with Crippen molar-refractivity contribution >= 4 is 73.1 Å². The van der Waals surface area contributed by atoms with Gasteiger partial charge in [-0.25, -0.2) is 9.88 Å². The first kappa shape index (κ1) is 24.9. The number of hydrogen-bond acceptors (Lipinski definition) is 6. The Balaban J connectivity index is 1.31. The van der Waals surface area contributed by atoms with Crippen molar-refractivity contribution in [2.24, 2.45) is 0 Å². The van der Waals surface area contributed by atoms with Crippen LogP contribution in [0.5, 0.6) is 0 Å². The molecule has 0 aliphatic carbocycles. The maximum absolute atomic E-state index is 13.1. The molecule has 0 unspecified atom stereocenters. The number of nitrogens with one attached hydrogen (secondary N) is 2. The van der Waals surface area contributed by atoms with E-state index in [1.807, 2.05) is 42.6 Å². The van der Waals surface area contributed by atoms with Crippen LogP contribution in [0.4, 0.5) is 16.5 Å². The van der Waals surface area contributed by atoms with Gasteiger partial charge in [-0.15, -0.1) is 11.3 Å². The van der Waals surface area contributed by atoms with E-state index in [1.54, 1.807) is 42.5 Å². The molecule has 3 amide bonds. The second-order valence-corrected chi connectivity index (χ2v) is 10.3. The lowest BCUT2D eigenvalue weighted by Gasteiger charge is -2.15. The summed E-state index contributed by atoms with van der Waals surface area (Å²) in [6.07, 6.45) is 0. The first-order chi connectivity index (χ1) is 17.8. The number of hydrogen-bond donors (Lipinski definition) is 2. The maximum atomic E-state index is 13.1. The standard InChI is InChI=1S/C27H18BrClN4O3S/c1-15-4-2-7-20(12-15)33-25(35)22(29)23(26(33)36)30-19-6-3-5-17(13-19)24(34)32-27-31-21(14-37-27)16-8-10-18(28)11-9-16/h2-14,30H,1H3,(H,31,32,34). The minimum atomic E-state index is -0.612. The molecule has 5 rings (SSSR count). The molecular weight excluding hydrogens is 576 g/mol. The molecule has 0 saturated heterocycles. The van der Waals surface area contributed by atoms with E-state index in [2.05, 4.69) is 31.5 Å². The van der Waals surface area contributed by atoms with Crippen LogP contribution in [-0.2, 0) is 9.59 Å². The van der Waals surface area contributed by atoms with Crippen LogP contribution < -0.4 is 15.5 Å². The third kappa shape index (κ3) is 5.20. The summed E-state index contributed by atoms with van der Waals surface area (Å²) in [7, 11) is 0.